The van der Waals surface area contributed by atoms with E-state index in [-0.39, 0.29) is 17.8 Å². The molecule has 0 aliphatic carbocycles. The topological polar surface area (TPSA) is 38.3 Å². The second-order valence-electron chi connectivity index (χ2n) is 4.81. The van der Waals surface area contributed by atoms with E-state index in [9.17, 15) is 4.79 Å². The summed E-state index contributed by atoms with van der Waals surface area (Å²) in [6.45, 7) is 6.80. The largest absolute Gasteiger partial charge is 0.469 e. The maximum Gasteiger partial charge on any atom is 0.310 e. The molecule has 3 nitrogen and oxygen atoms in total. The van der Waals surface area contributed by atoms with Gasteiger partial charge in [0.25, 0.3) is 0 Å². The van der Waals surface area contributed by atoms with Gasteiger partial charge in [0.2, 0.25) is 0 Å². The predicted octanol–water partition coefficient (Wildman–Crippen LogP) is 3.11. The maximum absolute atomic E-state index is 11.6. The lowest BCUT2D eigenvalue weighted by Crippen LogP contribution is -2.28. The van der Waals surface area contributed by atoms with Crippen molar-refractivity contribution in [2.24, 2.45) is 11.8 Å². The van der Waals surface area contributed by atoms with Crippen LogP contribution in [0.1, 0.15) is 26.3 Å². The number of anilines is 1. The molecule has 0 fully saturated rings. The highest BCUT2D eigenvalue weighted by Gasteiger charge is 2.22. The highest BCUT2D eigenvalue weighted by atomic mass is 16.5. The molecule has 1 aromatic rings. The van der Waals surface area contributed by atoms with Crippen molar-refractivity contribution in [3.63, 3.8) is 0 Å². The van der Waals surface area contributed by atoms with Gasteiger partial charge in [0.1, 0.15) is 0 Å². The summed E-state index contributed by atoms with van der Waals surface area (Å²) in [5.74, 6) is 0.00314. The van der Waals surface area contributed by atoms with Gasteiger partial charge in [0.15, 0.2) is 0 Å². The van der Waals surface area contributed by atoms with Crippen LogP contribution < -0.4 is 5.32 Å². The van der Waals surface area contributed by atoms with Crippen molar-refractivity contribution in [1.82, 2.24) is 0 Å². The van der Waals surface area contributed by atoms with Gasteiger partial charge in [-0.25, -0.2) is 0 Å². The summed E-state index contributed by atoms with van der Waals surface area (Å²) in [7, 11) is 1.44. The molecular formula is C15H23NO2. The van der Waals surface area contributed by atoms with Gasteiger partial charge in [-0.05, 0) is 30.0 Å². The van der Waals surface area contributed by atoms with Gasteiger partial charge in [0.05, 0.1) is 13.0 Å². The van der Waals surface area contributed by atoms with Crippen molar-refractivity contribution in [2.75, 3.05) is 19.0 Å². The van der Waals surface area contributed by atoms with E-state index < -0.39 is 0 Å². The number of rotatable bonds is 6. The van der Waals surface area contributed by atoms with Crippen LogP contribution in [-0.2, 0) is 16.0 Å². The second kappa shape index (κ2) is 7.04. The number of hydrogen-bond donors (Lipinski definition) is 1. The third-order valence-electron chi connectivity index (χ3n) is 3.20. The van der Waals surface area contributed by atoms with E-state index in [1.54, 1.807) is 0 Å². The lowest BCUT2D eigenvalue weighted by Gasteiger charge is -2.19. The van der Waals surface area contributed by atoms with Crippen molar-refractivity contribution < 1.29 is 9.53 Å². The first-order valence-electron chi connectivity index (χ1n) is 6.49. The number of ether oxygens (including phenoxy) is 1. The number of methoxy groups -OCH3 is 1. The highest BCUT2D eigenvalue weighted by Crippen LogP contribution is 2.15. The first-order valence-corrected chi connectivity index (χ1v) is 6.49. The van der Waals surface area contributed by atoms with Crippen LogP contribution in [0.3, 0.4) is 0 Å². The molecule has 100 valence electrons. The fraction of sp³-hybridized carbons (Fsp3) is 0.533. The minimum Gasteiger partial charge on any atom is -0.469 e. The number of carbonyl (C=O) groups is 1. The quantitative estimate of drug-likeness (QED) is 0.787. The van der Waals surface area contributed by atoms with Crippen LogP contribution in [0.2, 0.25) is 0 Å². The van der Waals surface area contributed by atoms with Crippen molar-refractivity contribution in [3.8, 4) is 0 Å². The maximum atomic E-state index is 11.6. The fourth-order valence-electron chi connectivity index (χ4n) is 1.83. The lowest BCUT2D eigenvalue weighted by atomic mass is 9.96. The van der Waals surface area contributed by atoms with Gasteiger partial charge in [-0.1, -0.05) is 32.9 Å². The Kier molecular flexibility index (Phi) is 5.69. The Hall–Kier alpha value is -1.51. The molecule has 0 spiro atoms. The Morgan fingerprint density at radius 1 is 1.28 bits per heavy atom. The molecule has 0 heterocycles. The zero-order valence-corrected chi connectivity index (χ0v) is 11.7. The molecule has 0 aliphatic rings. The summed E-state index contributed by atoms with van der Waals surface area (Å²) >= 11 is 0. The molecule has 0 amide bonds. The molecule has 3 heteroatoms. The van der Waals surface area contributed by atoms with Crippen LogP contribution >= 0.6 is 0 Å². The van der Waals surface area contributed by atoms with Gasteiger partial charge < -0.3 is 10.1 Å². The van der Waals surface area contributed by atoms with Gasteiger partial charge >= 0.3 is 5.97 Å². The first-order chi connectivity index (χ1) is 8.58. The van der Waals surface area contributed by atoms with Crippen LogP contribution in [-0.4, -0.2) is 19.6 Å². The van der Waals surface area contributed by atoms with Gasteiger partial charge in [-0.3, -0.25) is 4.79 Å². The predicted molar refractivity (Wildman–Crippen MR) is 74.7 cm³/mol. The second-order valence-corrected chi connectivity index (χ2v) is 4.81. The number of esters is 1. The summed E-state index contributed by atoms with van der Waals surface area (Å²) in [5.41, 5.74) is 2.36. The molecule has 0 saturated heterocycles. The monoisotopic (exact) mass is 249 g/mol. The van der Waals surface area contributed by atoms with E-state index in [0.29, 0.717) is 6.54 Å². The van der Waals surface area contributed by atoms with E-state index in [0.717, 1.165) is 12.1 Å². The van der Waals surface area contributed by atoms with Crippen LogP contribution in [0.25, 0.3) is 0 Å². The Balaban J connectivity index is 2.58. The Bertz CT molecular complexity index is 371. The molecule has 1 N–H and O–H groups in total. The summed E-state index contributed by atoms with van der Waals surface area (Å²) in [5, 5.41) is 3.29. The highest BCUT2D eigenvalue weighted by molar-refractivity contribution is 5.73. The molecule has 18 heavy (non-hydrogen) atoms. The molecule has 0 saturated carbocycles. The Morgan fingerprint density at radius 2 is 1.89 bits per heavy atom. The van der Waals surface area contributed by atoms with Gasteiger partial charge in [0, 0.05) is 12.2 Å². The third-order valence-corrected chi connectivity index (χ3v) is 3.20. The number of aryl methyl sites for hydroxylation is 1. The van der Waals surface area contributed by atoms with Crippen molar-refractivity contribution in [3.05, 3.63) is 29.8 Å². The van der Waals surface area contributed by atoms with Crippen molar-refractivity contribution in [2.45, 2.75) is 27.2 Å². The molecule has 1 rings (SSSR count). The third kappa shape index (κ3) is 4.06. The number of carbonyl (C=O) groups excluding carboxylic acids is 1. The minimum absolute atomic E-state index is 0.110. The zero-order valence-electron chi connectivity index (χ0n) is 11.7. The van der Waals surface area contributed by atoms with Gasteiger partial charge in [-0.2, -0.15) is 0 Å². The summed E-state index contributed by atoms with van der Waals surface area (Å²) < 4.78 is 4.82. The summed E-state index contributed by atoms with van der Waals surface area (Å²) in [4.78, 5) is 11.6. The summed E-state index contributed by atoms with van der Waals surface area (Å²) in [6, 6.07) is 8.30. The summed E-state index contributed by atoms with van der Waals surface area (Å²) in [6.07, 6.45) is 1.04. The Morgan fingerprint density at radius 3 is 2.33 bits per heavy atom. The smallest absolute Gasteiger partial charge is 0.310 e. The first kappa shape index (κ1) is 14.6. The number of hydrogen-bond acceptors (Lipinski definition) is 3. The minimum atomic E-state index is -0.150. The molecule has 1 atom stereocenters. The standard InChI is InChI=1S/C15H23NO2/c1-5-12-6-8-13(9-7-12)16-10-14(11(2)3)15(17)18-4/h6-9,11,14,16H,5,10H2,1-4H3. The molecular weight excluding hydrogens is 226 g/mol. The molecule has 0 aromatic heterocycles. The van der Waals surface area contributed by atoms with E-state index in [1.807, 2.05) is 26.0 Å². The van der Waals surface area contributed by atoms with E-state index in [4.69, 9.17) is 4.74 Å². The van der Waals surface area contributed by atoms with Crippen LogP contribution in [0.4, 0.5) is 5.69 Å². The molecule has 0 radical (unpaired) electrons. The molecule has 1 aromatic carbocycles. The molecule has 0 aliphatic heterocycles. The molecule has 1 unspecified atom stereocenters. The van der Waals surface area contributed by atoms with Crippen LogP contribution in [0.5, 0.6) is 0 Å². The van der Waals surface area contributed by atoms with E-state index in [2.05, 4.69) is 24.4 Å². The fourth-order valence-corrected chi connectivity index (χ4v) is 1.83. The van der Waals surface area contributed by atoms with Crippen LogP contribution in [0.15, 0.2) is 24.3 Å². The average molecular weight is 249 g/mol. The average Bonchev–Trinajstić information content (AvgIpc) is 2.39. The van der Waals surface area contributed by atoms with Crippen molar-refractivity contribution in [1.29, 1.82) is 0 Å². The SMILES string of the molecule is CCc1ccc(NCC(C(=O)OC)C(C)C)cc1. The van der Waals surface area contributed by atoms with E-state index in [1.165, 1.54) is 12.7 Å². The molecule has 0 bridgehead atoms. The lowest BCUT2D eigenvalue weighted by molar-refractivity contribution is -0.146. The van der Waals surface area contributed by atoms with Gasteiger partial charge in [-0.15, -0.1) is 0 Å². The van der Waals surface area contributed by atoms with Crippen molar-refractivity contribution >= 4 is 11.7 Å². The van der Waals surface area contributed by atoms with Crippen LogP contribution in [0, 0.1) is 11.8 Å². The number of nitrogens with one attached hydrogen (secondary N) is 1. The Labute approximate surface area is 110 Å². The normalized spacial score (nSPS) is 12.3. The number of benzene rings is 1. The zero-order chi connectivity index (χ0) is 13.5. The van der Waals surface area contributed by atoms with E-state index >= 15 is 0 Å².